The number of nitrogens with two attached hydrogens (primary N) is 1. The third kappa shape index (κ3) is 3.85. The number of nitrogens with zero attached hydrogens (tertiary/aromatic N) is 3. The summed E-state index contributed by atoms with van der Waals surface area (Å²) in [6.07, 6.45) is -4.85. The molecule has 4 aromatic rings. The van der Waals surface area contributed by atoms with Crippen LogP contribution >= 0.6 is 19.6 Å². The zero-order chi connectivity index (χ0) is 25.4. The Bertz CT molecular complexity index is 1700. The summed E-state index contributed by atoms with van der Waals surface area (Å²) in [5, 5.41) is 11.9. The van der Waals surface area contributed by atoms with Gasteiger partial charge in [0.05, 0.1) is 6.61 Å². The Morgan fingerprint density at radius 2 is 2.11 bits per heavy atom. The highest BCUT2D eigenvalue weighted by Gasteiger charge is 2.51. The van der Waals surface area contributed by atoms with Crippen LogP contribution in [0.15, 0.2) is 48.3 Å². The SMILES string of the molecule is Cc1cc(=O)oc2cc(Sc3nc4c(=O)[nH]c(N)nc4n3[C@@H]3OC4COP(=O)([O-])O[C@H]4C3O)ccc12. The number of imidazole rings is 1. The van der Waals surface area contributed by atoms with Crippen LogP contribution in [0, 0.1) is 6.92 Å². The lowest BCUT2D eigenvalue weighted by Gasteiger charge is -2.34. The topological polar surface area (TPSA) is 208 Å². The number of aliphatic hydroxyl groups excluding tert-OH is 1. The van der Waals surface area contributed by atoms with Crippen LogP contribution in [0.5, 0.6) is 0 Å². The molecule has 1 aromatic carbocycles. The number of fused-ring (bicyclic) bond motifs is 3. The number of rotatable bonds is 3. The standard InChI is InChI=1S/C20H18N5O9PS/c1-7-4-12(26)32-10-5-8(2-3-9(7)10)36-20-22-13-16(23-19(21)24-17(13)28)25(20)18-14(27)15-11(33-18)6-31-35(29,30)34-15/h2-5,11,14-15,18,27H,6H2,1H3,(H,29,30)(H3,21,23,24,28)/p-1/t11?,14?,15-,18-/m1/s1. The lowest BCUT2D eigenvalue weighted by Crippen LogP contribution is -2.41. The molecule has 0 amide bonds. The third-order valence-corrected chi connectivity index (χ3v) is 7.81. The normalized spacial score (nSPS) is 28.1. The summed E-state index contributed by atoms with van der Waals surface area (Å²) >= 11 is 1.08. The number of aryl methyl sites for hydroxylation is 1. The minimum atomic E-state index is -4.61. The highest BCUT2D eigenvalue weighted by atomic mass is 32.2. The molecular weight excluding hydrogens is 517 g/mol. The molecule has 36 heavy (non-hydrogen) atoms. The van der Waals surface area contributed by atoms with Gasteiger partial charge in [-0.15, -0.1) is 0 Å². The quantitative estimate of drug-likeness (QED) is 0.241. The predicted octanol–water partition coefficient (Wildman–Crippen LogP) is 0.410. The van der Waals surface area contributed by atoms with E-state index < -0.39 is 43.5 Å². The van der Waals surface area contributed by atoms with Crippen molar-refractivity contribution in [3.05, 3.63) is 50.6 Å². The number of ether oxygens (including phenoxy) is 1. The Balaban J connectivity index is 1.47. The van der Waals surface area contributed by atoms with Crippen LogP contribution in [-0.2, 0) is 18.3 Å². The summed E-state index contributed by atoms with van der Waals surface area (Å²) in [7, 11) is -4.61. The smallest absolute Gasteiger partial charge is 0.336 e. The highest BCUT2D eigenvalue weighted by Crippen LogP contribution is 2.50. The number of aromatic amines is 1. The predicted molar refractivity (Wildman–Crippen MR) is 122 cm³/mol. The molecule has 0 spiro atoms. The van der Waals surface area contributed by atoms with Crippen LogP contribution in [0.1, 0.15) is 11.8 Å². The molecule has 5 atom stereocenters. The molecule has 5 heterocycles. The summed E-state index contributed by atoms with van der Waals surface area (Å²) in [4.78, 5) is 47.7. The summed E-state index contributed by atoms with van der Waals surface area (Å²) < 4.78 is 34.0. The van der Waals surface area contributed by atoms with Crippen LogP contribution < -0.4 is 21.8 Å². The molecule has 2 aliphatic rings. The zero-order valence-electron chi connectivity index (χ0n) is 18.3. The summed E-state index contributed by atoms with van der Waals surface area (Å²) in [5.74, 6) is -0.193. The van der Waals surface area contributed by atoms with Gasteiger partial charge in [0, 0.05) is 16.3 Å². The van der Waals surface area contributed by atoms with E-state index in [0.717, 1.165) is 22.7 Å². The first kappa shape index (κ1) is 23.4. The van der Waals surface area contributed by atoms with Crippen LogP contribution in [0.3, 0.4) is 0 Å². The van der Waals surface area contributed by atoms with Gasteiger partial charge >= 0.3 is 5.63 Å². The van der Waals surface area contributed by atoms with Crippen molar-refractivity contribution in [3.8, 4) is 0 Å². The Hall–Kier alpha value is -3.04. The van der Waals surface area contributed by atoms with Crippen molar-refractivity contribution in [2.24, 2.45) is 0 Å². The van der Waals surface area contributed by atoms with Gasteiger partial charge in [-0.05, 0) is 30.7 Å². The van der Waals surface area contributed by atoms with E-state index in [1.54, 1.807) is 25.1 Å². The van der Waals surface area contributed by atoms with Crippen molar-refractivity contribution in [1.29, 1.82) is 0 Å². The minimum Gasteiger partial charge on any atom is -0.756 e. The maximum Gasteiger partial charge on any atom is 0.336 e. The molecule has 0 bridgehead atoms. The second kappa shape index (κ2) is 8.24. The zero-order valence-corrected chi connectivity index (χ0v) is 20.0. The van der Waals surface area contributed by atoms with E-state index in [4.69, 9.17) is 23.9 Å². The molecule has 2 aliphatic heterocycles. The van der Waals surface area contributed by atoms with E-state index in [0.29, 0.717) is 10.5 Å². The maximum atomic E-state index is 12.6. The molecule has 2 fully saturated rings. The average molecular weight is 534 g/mol. The fraction of sp³-hybridized carbons (Fsp3) is 0.300. The molecule has 0 radical (unpaired) electrons. The van der Waals surface area contributed by atoms with Gasteiger partial charge in [0.25, 0.3) is 13.4 Å². The number of benzene rings is 1. The number of nitrogens with one attached hydrogen (secondary N) is 1. The number of hydrogen-bond acceptors (Lipinski definition) is 13. The van der Waals surface area contributed by atoms with E-state index in [-0.39, 0.29) is 28.9 Å². The van der Waals surface area contributed by atoms with E-state index in [2.05, 4.69) is 15.0 Å². The second-order valence-corrected chi connectivity index (χ2v) is 10.7. The van der Waals surface area contributed by atoms with Crippen molar-refractivity contribution in [2.45, 2.75) is 41.5 Å². The van der Waals surface area contributed by atoms with Crippen LogP contribution in [0.25, 0.3) is 22.1 Å². The molecule has 3 unspecified atom stereocenters. The van der Waals surface area contributed by atoms with Crippen molar-refractivity contribution >= 4 is 47.7 Å². The molecule has 16 heteroatoms. The first-order valence-electron chi connectivity index (χ1n) is 10.6. The first-order chi connectivity index (χ1) is 17.1. The average Bonchev–Trinajstić information content (AvgIpc) is 3.30. The molecule has 3 aromatic heterocycles. The van der Waals surface area contributed by atoms with Crippen LogP contribution in [0.2, 0.25) is 0 Å². The number of nitrogen functional groups attached to an aromatic ring is 1. The van der Waals surface area contributed by atoms with Gasteiger partial charge in [-0.25, -0.2) is 9.78 Å². The van der Waals surface area contributed by atoms with E-state index in [9.17, 15) is 24.2 Å². The number of hydrogen-bond donors (Lipinski definition) is 3. The third-order valence-electron chi connectivity index (χ3n) is 5.88. The van der Waals surface area contributed by atoms with E-state index >= 15 is 0 Å². The monoisotopic (exact) mass is 534 g/mol. The maximum absolute atomic E-state index is 12.6. The van der Waals surface area contributed by atoms with Crippen molar-refractivity contribution in [1.82, 2.24) is 19.5 Å². The van der Waals surface area contributed by atoms with Crippen molar-refractivity contribution in [3.63, 3.8) is 0 Å². The molecule has 0 saturated carbocycles. The molecule has 188 valence electrons. The number of anilines is 1. The van der Waals surface area contributed by atoms with Gasteiger partial charge in [0.15, 0.2) is 22.5 Å². The lowest BCUT2D eigenvalue weighted by molar-refractivity contribution is -0.245. The van der Waals surface area contributed by atoms with Gasteiger partial charge in [-0.2, -0.15) is 4.98 Å². The Kier molecular flexibility index (Phi) is 5.35. The molecule has 6 rings (SSSR count). The first-order valence-corrected chi connectivity index (χ1v) is 12.8. The Morgan fingerprint density at radius 1 is 1.31 bits per heavy atom. The molecule has 0 aliphatic carbocycles. The van der Waals surface area contributed by atoms with Crippen LogP contribution in [-0.4, -0.2) is 49.5 Å². The number of phosphoric ester groups is 1. The van der Waals surface area contributed by atoms with Crippen molar-refractivity contribution in [2.75, 3.05) is 12.3 Å². The van der Waals surface area contributed by atoms with Crippen molar-refractivity contribution < 1.29 is 32.8 Å². The van der Waals surface area contributed by atoms with E-state index in [1.165, 1.54) is 10.6 Å². The summed E-state index contributed by atoms with van der Waals surface area (Å²) in [6, 6.07) is 6.58. The molecule has 4 N–H and O–H groups in total. The molecule has 14 nitrogen and oxygen atoms in total. The molecular formula is C20H17N5O9PS-. The largest absolute Gasteiger partial charge is 0.756 e. The number of aromatic nitrogens is 4. The van der Waals surface area contributed by atoms with E-state index in [1.807, 2.05) is 0 Å². The fourth-order valence-corrected chi connectivity index (χ4v) is 6.19. The second-order valence-electron chi connectivity index (χ2n) is 8.26. The lowest BCUT2D eigenvalue weighted by atomic mass is 10.1. The van der Waals surface area contributed by atoms with Crippen LogP contribution in [0.4, 0.5) is 5.95 Å². The van der Waals surface area contributed by atoms with Gasteiger partial charge in [-0.1, -0.05) is 11.8 Å². The van der Waals surface area contributed by atoms with Gasteiger partial charge < -0.3 is 33.9 Å². The van der Waals surface area contributed by atoms with Gasteiger partial charge in [0.1, 0.15) is 23.9 Å². The Labute approximate surface area is 204 Å². The summed E-state index contributed by atoms with van der Waals surface area (Å²) in [5.41, 5.74) is 5.67. The molecule has 2 saturated heterocycles. The van der Waals surface area contributed by atoms with Gasteiger partial charge in [0.2, 0.25) is 5.95 Å². The number of phosphoric acid groups is 1. The fourth-order valence-electron chi connectivity index (χ4n) is 4.30. The Morgan fingerprint density at radius 3 is 2.92 bits per heavy atom. The number of H-pyrrole nitrogens is 1. The number of aliphatic hydroxyl groups is 1. The highest BCUT2D eigenvalue weighted by molar-refractivity contribution is 7.99. The minimum absolute atomic E-state index is 0.0100. The van der Waals surface area contributed by atoms with Gasteiger partial charge in [-0.3, -0.25) is 18.9 Å². The summed E-state index contributed by atoms with van der Waals surface area (Å²) in [6.45, 7) is 1.44.